The van der Waals surface area contributed by atoms with Crippen LogP contribution in [0.4, 0.5) is 10.1 Å². The molecule has 0 spiro atoms. The quantitative estimate of drug-likeness (QED) is 0.908. The van der Waals surface area contributed by atoms with Gasteiger partial charge in [-0.2, -0.15) is 0 Å². The van der Waals surface area contributed by atoms with Crippen molar-refractivity contribution < 1.29 is 22.7 Å². The largest absolute Gasteiger partial charge is 0.477 e. The van der Waals surface area contributed by atoms with Crippen LogP contribution in [0.2, 0.25) is 0 Å². The minimum atomic E-state index is -4.00. The predicted molar refractivity (Wildman–Crippen MR) is 73.2 cm³/mol. The van der Waals surface area contributed by atoms with Gasteiger partial charge in [0, 0.05) is 0 Å². The van der Waals surface area contributed by atoms with Crippen LogP contribution in [0.3, 0.4) is 0 Å². The smallest absolute Gasteiger partial charge is 0.345 e. The summed E-state index contributed by atoms with van der Waals surface area (Å²) in [6.45, 7) is 1.70. The molecule has 5 nitrogen and oxygen atoms in total. The van der Waals surface area contributed by atoms with Crippen molar-refractivity contribution in [2.24, 2.45) is 0 Å². The summed E-state index contributed by atoms with van der Waals surface area (Å²) in [6, 6.07) is 6.39. The molecule has 0 aliphatic heterocycles. The number of carbonyl (C=O) groups is 1. The third kappa shape index (κ3) is 2.97. The summed E-state index contributed by atoms with van der Waals surface area (Å²) in [5.41, 5.74) is 0.525. The molecule has 8 heteroatoms. The summed E-state index contributed by atoms with van der Waals surface area (Å²) in [4.78, 5) is 10.6. The van der Waals surface area contributed by atoms with E-state index in [1.165, 1.54) is 24.3 Å². The van der Waals surface area contributed by atoms with Gasteiger partial charge in [0.1, 0.15) is 14.9 Å². The molecule has 0 unspecified atom stereocenters. The molecule has 1 heterocycles. The first-order chi connectivity index (χ1) is 9.29. The molecule has 2 rings (SSSR count). The van der Waals surface area contributed by atoms with Gasteiger partial charge >= 0.3 is 5.97 Å². The molecule has 0 aliphatic carbocycles. The molecule has 20 heavy (non-hydrogen) atoms. The number of rotatable bonds is 4. The summed E-state index contributed by atoms with van der Waals surface area (Å²) in [6.07, 6.45) is 0. The molecule has 0 radical (unpaired) electrons. The lowest BCUT2D eigenvalue weighted by molar-refractivity contribution is 0.0702. The molecule has 1 aromatic heterocycles. The molecular weight excluding hydrogens is 305 g/mol. The molecule has 0 atom stereocenters. The van der Waals surface area contributed by atoms with Gasteiger partial charge in [0.15, 0.2) is 0 Å². The average Bonchev–Trinajstić information content (AvgIpc) is 2.84. The van der Waals surface area contributed by atoms with E-state index in [4.69, 9.17) is 5.11 Å². The molecule has 1 aromatic carbocycles. The first-order valence-corrected chi connectivity index (χ1v) is 7.71. The number of hydrogen-bond donors (Lipinski definition) is 2. The Kier molecular flexibility index (Phi) is 3.78. The Morgan fingerprint density at radius 2 is 2.00 bits per heavy atom. The fraction of sp³-hybridized carbons (Fsp3) is 0.0833. The summed E-state index contributed by atoms with van der Waals surface area (Å²) >= 11 is 0.605. The molecule has 0 aliphatic rings. The zero-order chi connectivity index (χ0) is 14.9. The SMILES string of the molecule is Cc1ccc(F)c(NS(=O)(=O)c2ccc(C(=O)O)s2)c1. The van der Waals surface area contributed by atoms with Crippen LogP contribution in [-0.4, -0.2) is 19.5 Å². The van der Waals surface area contributed by atoms with Crippen LogP contribution in [0.1, 0.15) is 15.2 Å². The van der Waals surface area contributed by atoms with Crippen molar-refractivity contribution in [2.75, 3.05) is 4.72 Å². The standard InChI is InChI=1S/C12H10FNO4S2/c1-7-2-3-8(13)9(6-7)14-20(17,18)11-5-4-10(19-11)12(15)16/h2-6,14H,1H3,(H,15,16). The highest BCUT2D eigenvalue weighted by atomic mass is 32.2. The van der Waals surface area contributed by atoms with Crippen molar-refractivity contribution in [3.05, 3.63) is 46.6 Å². The third-order valence-electron chi connectivity index (χ3n) is 2.42. The highest BCUT2D eigenvalue weighted by Crippen LogP contribution is 2.25. The van der Waals surface area contributed by atoms with Crippen LogP contribution in [0.15, 0.2) is 34.5 Å². The summed E-state index contributed by atoms with van der Waals surface area (Å²) in [5.74, 6) is -1.91. The topological polar surface area (TPSA) is 83.5 Å². The summed E-state index contributed by atoms with van der Waals surface area (Å²) in [5, 5.41) is 8.77. The Hall–Kier alpha value is -1.93. The Morgan fingerprint density at radius 1 is 1.30 bits per heavy atom. The van der Waals surface area contributed by atoms with Crippen LogP contribution in [0.25, 0.3) is 0 Å². The average molecular weight is 315 g/mol. The number of carboxylic acid groups (broad SMARTS) is 1. The lowest BCUT2D eigenvalue weighted by Gasteiger charge is -2.08. The fourth-order valence-electron chi connectivity index (χ4n) is 1.49. The Bertz CT molecular complexity index is 768. The van der Waals surface area contributed by atoms with E-state index in [9.17, 15) is 17.6 Å². The second kappa shape index (κ2) is 5.22. The van der Waals surface area contributed by atoms with E-state index in [-0.39, 0.29) is 14.8 Å². The molecule has 0 amide bonds. The van der Waals surface area contributed by atoms with Crippen molar-refractivity contribution >= 4 is 33.0 Å². The van der Waals surface area contributed by atoms with E-state index in [1.807, 2.05) is 0 Å². The van der Waals surface area contributed by atoms with Crippen molar-refractivity contribution in [3.63, 3.8) is 0 Å². The number of aromatic carboxylic acids is 1. The lowest BCUT2D eigenvalue weighted by atomic mass is 10.2. The number of sulfonamides is 1. The van der Waals surface area contributed by atoms with E-state index in [2.05, 4.69) is 4.72 Å². The van der Waals surface area contributed by atoms with Gasteiger partial charge in [0.25, 0.3) is 10.0 Å². The fourth-order valence-corrected chi connectivity index (χ4v) is 3.70. The maximum absolute atomic E-state index is 13.5. The molecule has 0 saturated carbocycles. The van der Waals surface area contributed by atoms with Gasteiger partial charge in [0.2, 0.25) is 0 Å². The number of thiophene rings is 1. The number of aryl methyl sites for hydroxylation is 1. The second-order valence-electron chi connectivity index (χ2n) is 4.01. The van der Waals surface area contributed by atoms with Gasteiger partial charge < -0.3 is 5.11 Å². The minimum absolute atomic E-state index is 0.102. The number of benzene rings is 1. The van der Waals surface area contributed by atoms with Crippen molar-refractivity contribution in [2.45, 2.75) is 11.1 Å². The van der Waals surface area contributed by atoms with E-state index in [1.54, 1.807) is 6.92 Å². The van der Waals surface area contributed by atoms with Gasteiger partial charge in [-0.25, -0.2) is 17.6 Å². The number of hydrogen-bond acceptors (Lipinski definition) is 4. The maximum Gasteiger partial charge on any atom is 0.345 e. The summed E-state index contributed by atoms with van der Waals surface area (Å²) in [7, 11) is -4.00. The lowest BCUT2D eigenvalue weighted by Crippen LogP contribution is -2.12. The highest BCUT2D eigenvalue weighted by molar-refractivity contribution is 7.94. The van der Waals surface area contributed by atoms with E-state index in [0.29, 0.717) is 16.9 Å². The van der Waals surface area contributed by atoms with E-state index in [0.717, 1.165) is 6.07 Å². The highest BCUT2D eigenvalue weighted by Gasteiger charge is 2.20. The summed E-state index contributed by atoms with van der Waals surface area (Å²) < 4.78 is 39.5. The van der Waals surface area contributed by atoms with Crippen molar-refractivity contribution in [1.82, 2.24) is 0 Å². The maximum atomic E-state index is 13.5. The number of anilines is 1. The Balaban J connectivity index is 2.35. The van der Waals surface area contributed by atoms with Gasteiger partial charge in [0.05, 0.1) is 5.69 Å². The molecule has 2 aromatic rings. The number of halogens is 1. The van der Waals surface area contributed by atoms with Gasteiger partial charge in [-0.3, -0.25) is 4.72 Å². The zero-order valence-electron chi connectivity index (χ0n) is 10.3. The van der Waals surface area contributed by atoms with Gasteiger partial charge in [-0.15, -0.1) is 11.3 Å². The van der Waals surface area contributed by atoms with Crippen LogP contribution in [0, 0.1) is 12.7 Å². The van der Waals surface area contributed by atoms with E-state index >= 15 is 0 Å². The number of nitrogens with one attached hydrogen (secondary N) is 1. The van der Waals surface area contributed by atoms with Crippen molar-refractivity contribution in [3.8, 4) is 0 Å². The van der Waals surface area contributed by atoms with Crippen LogP contribution in [-0.2, 0) is 10.0 Å². The second-order valence-corrected chi connectivity index (χ2v) is 7.01. The third-order valence-corrected chi connectivity index (χ3v) is 5.35. The van der Waals surface area contributed by atoms with Gasteiger partial charge in [-0.1, -0.05) is 6.07 Å². The van der Waals surface area contributed by atoms with Crippen LogP contribution >= 0.6 is 11.3 Å². The zero-order valence-corrected chi connectivity index (χ0v) is 11.9. The molecule has 0 saturated heterocycles. The first kappa shape index (κ1) is 14.5. The molecular formula is C12H10FNO4S2. The molecule has 0 bridgehead atoms. The van der Waals surface area contributed by atoms with Gasteiger partial charge in [-0.05, 0) is 36.8 Å². The van der Waals surface area contributed by atoms with E-state index < -0.39 is 21.8 Å². The monoisotopic (exact) mass is 315 g/mol. The van der Waals surface area contributed by atoms with Crippen molar-refractivity contribution in [1.29, 1.82) is 0 Å². The molecule has 0 fully saturated rings. The normalized spacial score (nSPS) is 11.3. The van der Waals surface area contributed by atoms with Crippen LogP contribution < -0.4 is 4.72 Å². The first-order valence-electron chi connectivity index (χ1n) is 5.42. The van der Waals surface area contributed by atoms with Crippen LogP contribution in [0.5, 0.6) is 0 Å². The molecule has 106 valence electrons. The predicted octanol–water partition coefficient (Wildman–Crippen LogP) is 2.69. The minimum Gasteiger partial charge on any atom is -0.477 e. The Morgan fingerprint density at radius 3 is 2.60 bits per heavy atom. The molecule has 2 N–H and O–H groups in total. The number of carboxylic acids is 1. The Labute approximate surface area is 118 Å².